The standard InChI is InChI=1S/C42H23BN2O2/c1-6-17-34-25(10-1)27-12-9-13-28-30-22-29-26-11-2-5-16-33(26)44(35(29)23-36(30)45(34)42(27)28)24-20-39-41-40(21-24)47-38-19-8-4-15-32(38)43(41)31-14-3-7-18-37(31)46-39/h1-23H. The summed E-state index contributed by atoms with van der Waals surface area (Å²) >= 11 is 0. The molecule has 0 bridgehead atoms. The highest BCUT2D eigenvalue weighted by Gasteiger charge is 2.40. The van der Waals surface area contributed by atoms with Gasteiger partial charge in [0.15, 0.2) is 0 Å². The SMILES string of the molecule is c1ccc2c(c1)Oc1cc(-n3c4ccccc4c4cc5c6cccc7c8ccccc8n(c5cc43)c76)cc3c1B2c1ccccc1O3. The van der Waals surface area contributed by atoms with E-state index in [4.69, 9.17) is 9.47 Å². The summed E-state index contributed by atoms with van der Waals surface area (Å²) in [4.78, 5) is 0. The van der Waals surface area contributed by atoms with Crippen molar-refractivity contribution in [1.82, 2.24) is 8.97 Å². The minimum atomic E-state index is 0.0494. The number of hydrogen-bond acceptors (Lipinski definition) is 2. The molecule has 12 rings (SSSR count). The molecule has 7 aromatic carbocycles. The van der Waals surface area contributed by atoms with Gasteiger partial charge in [0.2, 0.25) is 0 Å². The number of para-hydroxylation sites is 5. The lowest BCUT2D eigenvalue weighted by atomic mass is 9.35. The Balaban J connectivity index is 1.20. The number of hydrogen-bond donors (Lipinski definition) is 0. The molecule has 0 fully saturated rings. The fourth-order valence-electron chi connectivity index (χ4n) is 8.68. The highest BCUT2D eigenvalue weighted by molar-refractivity contribution is 6.98. The van der Waals surface area contributed by atoms with Gasteiger partial charge in [0, 0.05) is 49.9 Å². The van der Waals surface area contributed by atoms with Gasteiger partial charge < -0.3 is 18.4 Å². The van der Waals surface area contributed by atoms with Crippen LogP contribution in [0, 0.1) is 0 Å². The predicted molar refractivity (Wildman–Crippen MR) is 193 cm³/mol. The van der Waals surface area contributed by atoms with Gasteiger partial charge in [-0.2, -0.15) is 0 Å². The molecule has 0 amide bonds. The van der Waals surface area contributed by atoms with Gasteiger partial charge in [-0.3, -0.25) is 0 Å². The van der Waals surface area contributed by atoms with Crippen LogP contribution in [-0.4, -0.2) is 15.7 Å². The van der Waals surface area contributed by atoms with Gasteiger partial charge >= 0.3 is 0 Å². The number of benzene rings is 7. The fourth-order valence-corrected chi connectivity index (χ4v) is 8.68. The van der Waals surface area contributed by atoms with Crippen LogP contribution in [0.3, 0.4) is 0 Å². The monoisotopic (exact) mass is 598 g/mol. The van der Waals surface area contributed by atoms with Crippen LogP contribution in [-0.2, 0) is 0 Å². The Morgan fingerprint density at radius 1 is 0.404 bits per heavy atom. The molecule has 5 heterocycles. The minimum Gasteiger partial charge on any atom is -0.458 e. The molecule has 0 N–H and O–H groups in total. The Morgan fingerprint density at radius 2 is 0.957 bits per heavy atom. The van der Waals surface area contributed by atoms with E-state index < -0.39 is 0 Å². The molecule has 0 unspecified atom stereocenters. The molecule has 2 aliphatic rings. The van der Waals surface area contributed by atoms with E-state index >= 15 is 0 Å². The van der Waals surface area contributed by atoms with E-state index in [1.807, 2.05) is 12.1 Å². The Kier molecular flexibility index (Phi) is 4.27. The lowest BCUT2D eigenvalue weighted by molar-refractivity contribution is 0.464. The van der Waals surface area contributed by atoms with Gasteiger partial charge in [0.05, 0.1) is 33.3 Å². The molecule has 0 saturated carbocycles. The third-order valence-corrected chi connectivity index (χ3v) is 10.6. The summed E-state index contributed by atoms with van der Waals surface area (Å²) < 4.78 is 18.2. The number of nitrogens with zero attached hydrogens (tertiary/aromatic N) is 2. The maximum absolute atomic E-state index is 6.70. The largest absolute Gasteiger partial charge is 0.458 e. The maximum Gasteiger partial charge on any atom is 0.260 e. The van der Waals surface area contributed by atoms with Gasteiger partial charge in [-0.1, -0.05) is 91.0 Å². The normalized spacial score (nSPS) is 13.4. The van der Waals surface area contributed by atoms with E-state index in [0.717, 1.165) is 45.2 Å². The molecule has 216 valence electrons. The zero-order valence-corrected chi connectivity index (χ0v) is 25.1. The first-order valence-corrected chi connectivity index (χ1v) is 16.1. The Morgan fingerprint density at radius 3 is 1.68 bits per heavy atom. The first-order chi connectivity index (χ1) is 23.3. The molecule has 0 spiro atoms. The Labute approximate surface area is 269 Å². The lowest BCUT2D eigenvalue weighted by Gasteiger charge is -2.33. The van der Waals surface area contributed by atoms with Gasteiger partial charge in [0.1, 0.15) is 23.0 Å². The van der Waals surface area contributed by atoms with Crippen molar-refractivity contribution in [2.24, 2.45) is 0 Å². The summed E-state index contributed by atoms with van der Waals surface area (Å²) in [5.74, 6) is 3.47. The van der Waals surface area contributed by atoms with Crippen molar-refractivity contribution < 1.29 is 9.47 Å². The van der Waals surface area contributed by atoms with Gasteiger partial charge in [-0.15, -0.1) is 0 Å². The summed E-state index contributed by atoms with van der Waals surface area (Å²) in [6, 6.07) is 50.2. The van der Waals surface area contributed by atoms with E-state index in [1.54, 1.807) is 0 Å². The van der Waals surface area contributed by atoms with E-state index in [-0.39, 0.29) is 6.71 Å². The molecule has 0 saturated heterocycles. The average Bonchev–Trinajstić information content (AvgIpc) is 3.75. The van der Waals surface area contributed by atoms with Gasteiger partial charge in [-0.25, -0.2) is 0 Å². The first-order valence-electron chi connectivity index (χ1n) is 16.1. The van der Waals surface area contributed by atoms with Crippen molar-refractivity contribution in [3.8, 4) is 28.7 Å². The molecular weight excluding hydrogens is 575 g/mol. The highest BCUT2D eigenvalue weighted by atomic mass is 16.5. The molecule has 0 radical (unpaired) electrons. The molecule has 0 aliphatic carbocycles. The van der Waals surface area contributed by atoms with Crippen molar-refractivity contribution >= 4 is 83.0 Å². The molecule has 3 aromatic heterocycles. The van der Waals surface area contributed by atoms with Crippen LogP contribution >= 0.6 is 0 Å². The van der Waals surface area contributed by atoms with Crippen LogP contribution in [0.5, 0.6) is 23.0 Å². The number of aromatic nitrogens is 2. The number of ether oxygens (including phenoxy) is 2. The summed E-state index contributed by atoms with van der Waals surface area (Å²) in [5, 5.41) is 7.60. The lowest BCUT2D eigenvalue weighted by Crippen LogP contribution is -2.57. The predicted octanol–water partition coefficient (Wildman–Crippen LogP) is 8.66. The van der Waals surface area contributed by atoms with Crippen molar-refractivity contribution in [3.05, 3.63) is 140 Å². The maximum atomic E-state index is 6.70. The van der Waals surface area contributed by atoms with Crippen LogP contribution in [0.15, 0.2) is 140 Å². The zero-order valence-electron chi connectivity index (χ0n) is 25.1. The second-order valence-electron chi connectivity index (χ2n) is 12.9. The van der Waals surface area contributed by atoms with E-state index in [0.29, 0.717) is 0 Å². The number of rotatable bonds is 1. The second kappa shape index (κ2) is 8.33. The molecule has 2 aliphatic heterocycles. The fraction of sp³-hybridized carbons (Fsp3) is 0. The molecular formula is C42H23BN2O2. The van der Waals surface area contributed by atoms with Crippen LogP contribution in [0.25, 0.3) is 65.6 Å². The van der Waals surface area contributed by atoms with Crippen molar-refractivity contribution in [2.45, 2.75) is 0 Å². The Hall–Kier alpha value is -6.20. The van der Waals surface area contributed by atoms with Crippen LogP contribution < -0.4 is 25.9 Å². The molecule has 0 atom stereocenters. The number of fused-ring (bicyclic) bond motifs is 13. The van der Waals surface area contributed by atoms with Crippen molar-refractivity contribution in [2.75, 3.05) is 0 Å². The van der Waals surface area contributed by atoms with Gasteiger partial charge in [-0.05, 0) is 47.3 Å². The van der Waals surface area contributed by atoms with E-state index in [9.17, 15) is 0 Å². The third-order valence-electron chi connectivity index (χ3n) is 10.6. The quantitative estimate of drug-likeness (QED) is 0.177. The van der Waals surface area contributed by atoms with Crippen LogP contribution in [0.2, 0.25) is 0 Å². The summed E-state index contributed by atoms with van der Waals surface area (Å²) in [6.45, 7) is 0.0494. The summed E-state index contributed by atoms with van der Waals surface area (Å²) in [5.41, 5.74) is 10.5. The van der Waals surface area contributed by atoms with Crippen molar-refractivity contribution in [1.29, 1.82) is 0 Å². The van der Waals surface area contributed by atoms with Crippen LogP contribution in [0.4, 0.5) is 0 Å². The molecule has 4 nitrogen and oxygen atoms in total. The zero-order chi connectivity index (χ0) is 30.4. The minimum absolute atomic E-state index is 0.0494. The van der Waals surface area contributed by atoms with Gasteiger partial charge in [0.25, 0.3) is 6.71 Å². The summed E-state index contributed by atoms with van der Waals surface area (Å²) in [6.07, 6.45) is 0. The Bertz CT molecular complexity index is 2920. The van der Waals surface area contributed by atoms with Crippen molar-refractivity contribution in [3.63, 3.8) is 0 Å². The second-order valence-corrected chi connectivity index (χ2v) is 12.9. The molecule has 5 heteroatoms. The molecule has 10 aromatic rings. The average molecular weight is 598 g/mol. The topological polar surface area (TPSA) is 27.8 Å². The van der Waals surface area contributed by atoms with E-state index in [2.05, 4.69) is 136 Å². The van der Waals surface area contributed by atoms with E-state index in [1.165, 1.54) is 59.8 Å². The molecule has 47 heavy (non-hydrogen) atoms. The third kappa shape index (κ3) is 2.91. The first kappa shape index (κ1) is 24.1. The smallest absolute Gasteiger partial charge is 0.260 e. The highest BCUT2D eigenvalue weighted by Crippen LogP contribution is 2.44. The van der Waals surface area contributed by atoms with Crippen LogP contribution in [0.1, 0.15) is 0 Å². The summed E-state index contributed by atoms with van der Waals surface area (Å²) in [7, 11) is 0.